The third kappa shape index (κ3) is 5.04. The number of nitrogens with one attached hydrogen (secondary N) is 2. The zero-order valence-electron chi connectivity index (χ0n) is 14.6. The van der Waals surface area contributed by atoms with Crippen LogP contribution in [0.5, 0.6) is 11.5 Å². The summed E-state index contributed by atoms with van der Waals surface area (Å²) in [6.45, 7) is 1.64. The second-order valence-corrected chi connectivity index (χ2v) is 5.92. The normalized spacial score (nSPS) is 11.5. The van der Waals surface area contributed by atoms with Crippen molar-refractivity contribution in [2.45, 2.75) is 13.0 Å². The molecule has 0 aliphatic rings. The number of ether oxygens (including phenoxy) is 1. The molecule has 0 aliphatic heterocycles. The fourth-order valence-electron chi connectivity index (χ4n) is 2.39. The Morgan fingerprint density at radius 2 is 1.59 bits per heavy atom. The van der Waals surface area contributed by atoms with E-state index >= 15 is 0 Å². The molecule has 0 aliphatic carbocycles. The smallest absolute Gasteiger partial charge is 0.246 e. The molecule has 0 saturated carbocycles. The lowest BCUT2D eigenvalue weighted by molar-refractivity contribution is -0.116. The van der Waals surface area contributed by atoms with Crippen LogP contribution in [-0.2, 0) is 4.79 Å². The first-order chi connectivity index (χ1) is 13.0. The Bertz CT molecular complexity index is 915. The van der Waals surface area contributed by atoms with Gasteiger partial charge in [0.05, 0.1) is 5.69 Å². The van der Waals surface area contributed by atoms with Crippen LogP contribution in [0.2, 0.25) is 0 Å². The van der Waals surface area contributed by atoms with Gasteiger partial charge in [-0.15, -0.1) is 0 Å². The van der Waals surface area contributed by atoms with E-state index in [4.69, 9.17) is 4.74 Å². The lowest BCUT2D eigenvalue weighted by Crippen LogP contribution is -2.32. The summed E-state index contributed by atoms with van der Waals surface area (Å²) in [6, 6.07) is 18.9. The monoisotopic (exact) mass is 368 g/mol. The van der Waals surface area contributed by atoms with Gasteiger partial charge in [-0.1, -0.05) is 18.2 Å². The highest BCUT2D eigenvalue weighted by molar-refractivity contribution is 5.96. The second-order valence-electron chi connectivity index (χ2n) is 5.92. The molecule has 0 saturated heterocycles. The minimum absolute atomic E-state index is 0.0679. The van der Waals surface area contributed by atoms with Gasteiger partial charge in [-0.05, 0) is 55.5 Å². The van der Waals surface area contributed by atoms with Crippen LogP contribution in [0.15, 0.2) is 72.8 Å². The maximum absolute atomic E-state index is 13.6. The lowest BCUT2D eigenvalue weighted by atomic mass is 10.2. The van der Waals surface area contributed by atoms with Crippen molar-refractivity contribution < 1.29 is 18.3 Å². The van der Waals surface area contributed by atoms with Gasteiger partial charge in [-0.2, -0.15) is 0 Å². The summed E-state index contributed by atoms with van der Waals surface area (Å²) in [5, 5.41) is 5.45. The van der Waals surface area contributed by atoms with Gasteiger partial charge in [0.15, 0.2) is 0 Å². The number of rotatable bonds is 6. The number of amides is 1. The first-order valence-corrected chi connectivity index (χ1v) is 8.37. The van der Waals surface area contributed by atoms with Crippen molar-refractivity contribution >= 4 is 17.3 Å². The summed E-state index contributed by atoms with van der Waals surface area (Å²) >= 11 is 0. The maximum atomic E-state index is 13.6. The van der Waals surface area contributed by atoms with Gasteiger partial charge in [0.1, 0.15) is 29.2 Å². The predicted octanol–water partition coefficient (Wildman–Crippen LogP) is 5.20. The zero-order valence-corrected chi connectivity index (χ0v) is 14.6. The molecule has 0 heterocycles. The van der Waals surface area contributed by atoms with Crippen molar-refractivity contribution in [2.24, 2.45) is 0 Å². The van der Waals surface area contributed by atoms with E-state index in [0.29, 0.717) is 11.4 Å². The Morgan fingerprint density at radius 1 is 0.926 bits per heavy atom. The number of anilines is 2. The van der Waals surface area contributed by atoms with Crippen molar-refractivity contribution in [1.29, 1.82) is 0 Å². The molecule has 27 heavy (non-hydrogen) atoms. The van der Waals surface area contributed by atoms with Gasteiger partial charge < -0.3 is 15.4 Å². The zero-order chi connectivity index (χ0) is 19.2. The van der Waals surface area contributed by atoms with Gasteiger partial charge in [-0.25, -0.2) is 8.78 Å². The molecule has 0 fully saturated rings. The van der Waals surface area contributed by atoms with E-state index in [9.17, 15) is 13.6 Å². The summed E-state index contributed by atoms with van der Waals surface area (Å²) in [5.41, 5.74) is 0.638. The van der Waals surface area contributed by atoms with E-state index < -0.39 is 23.6 Å². The molecule has 3 aromatic carbocycles. The van der Waals surface area contributed by atoms with E-state index in [-0.39, 0.29) is 5.69 Å². The second kappa shape index (κ2) is 8.31. The number of benzene rings is 3. The third-order valence-corrected chi connectivity index (χ3v) is 3.80. The van der Waals surface area contributed by atoms with Crippen LogP contribution in [0.3, 0.4) is 0 Å². The molecule has 0 bridgehead atoms. The van der Waals surface area contributed by atoms with Gasteiger partial charge in [-0.3, -0.25) is 4.79 Å². The van der Waals surface area contributed by atoms with Crippen molar-refractivity contribution in [3.63, 3.8) is 0 Å². The van der Waals surface area contributed by atoms with Crippen LogP contribution in [0.1, 0.15) is 6.92 Å². The van der Waals surface area contributed by atoms with Crippen LogP contribution in [0, 0.1) is 11.6 Å². The summed E-state index contributed by atoms with van der Waals surface area (Å²) in [6.07, 6.45) is 0. The molecule has 3 rings (SSSR count). The molecule has 0 radical (unpaired) electrons. The standard InChI is InChI=1S/C21H18F2N2O2/c1-14(21(26)25-20-12-7-15(22)13-19(20)23)24-16-8-10-18(11-9-16)27-17-5-3-2-4-6-17/h2-14,24H,1H3,(H,25,26). The van der Waals surface area contributed by atoms with Crippen molar-refractivity contribution in [3.05, 3.63) is 84.4 Å². The molecule has 4 nitrogen and oxygen atoms in total. The summed E-state index contributed by atoms with van der Waals surface area (Å²) in [5.74, 6) is -0.568. The minimum atomic E-state index is -0.821. The van der Waals surface area contributed by atoms with Crippen LogP contribution in [0.4, 0.5) is 20.2 Å². The molecule has 1 amide bonds. The molecular formula is C21H18F2N2O2. The molecule has 0 aromatic heterocycles. The molecule has 6 heteroatoms. The Hall–Kier alpha value is -3.41. The van der Waals surface area contributed by atoms with Gasteiger partial charge in [0.2, 0.25) is 5.91 Å². The van der Waals surface area contributed by atoms with Crippen molar-refractivity contribution in [2.75, 3.05) is 10.6 Å². The fourth-order valence-corrected chi connectivity index (χ4v) is 2.39. The molecule has 3 aromatic rings. The van der Waals surface area contributed by atoms with E-state index in [0.717, 1.165) is 17.9 Å². The lowest BCUT2D eigenvalue weighted by Gasteiger charge is -2.16. The van der Waals surface area contributed by atoms with Crippen LogP contribution < -0.4 is 15.4 Å². The maximum Gasteiger partial charge on any atom is 0.246 e. The summed E-state index contributed by atoms with van der Waals surface area (Å²) in [7, 11) is 0. The van der Waals surface area contributed by atoms with E-state index in [2.05, 4.69) is 10.6 Å². The molecular weight excluding hydrogens is 350 g/mol. The Balaban J connectivity index is 1.58. The molecule has 1 atom stereocenters. The topological polar surface area (TPSA) is 50.4 Å². The number of halogens is 2. The average Bonchev–Trinajstić information content (AvgIpc) is 2.66. The molecule has 0 spiro atoms. The minimum Gasteiger partial charge on any atom is -0.457 e. The Kier molecular flexibility index (Phi) is 5.66. The Labute approximate surface area is 155 Å². The Morgan fingerprint density at radius 3 is 2.26 bits per heavy atom. The number of hydrogen-bond donors (Lipinski definition) is 2. The quantitative estimate of drug-likeness (QED) is 0.629. The van der Waals surface area contributed by atoms with E-state index in [1.807, 2.05) is 30.3 Å². The van der Waals surface area contributed by atoms with E-state index in [1.54, 1.807) is 31.2 Å². The number of carbonyl (C=O) groups is 1. The van der Waals surface area contributed by atoms with Crippen LogP contribution in [0.25, 0.3) is 0 Å². The predicted molar refractivity (Wildman–Crippen MR) is 101 cm³/mol. The van der Waals surface area contributed by atoms with Crippen LogP contribution in [-0.4, -0.2) is 11.9 Å². The first-order valence-electron chi connectivity index (χ1n) is 8.37. The van der Waals surface area contributed by atoms with Gasteiger partial charge in [0.25, 0.3) is 0 Å². The number of carbonyl (C=O) groups excluding carboxylic acids is 1. The molecule has 138 valence electrons. The largest absolute Gasteiger partial charge is 0.457 e. The van der Waals surface area contributed by atoms with Crippen LogP contribution >= 0.6 is 0 Å². The summed E-state index contributed by atoms with van der Waals surface area (Å²) < 4.78 is 32.3. The number of para-hydroxylation sites is 1. The summed E-state index contributed by atoms with van der Waals surface area (Å²) in [4.78, 5) is 12.2. The first kappa shape index (κ1) is 18.4. The van der Waals surface area contributed by atoms with Gasteiger partial charge in [0, 0.05) is 11.8 Å². The average molecular weight is 368 g/mol. The fraction of sp³-hybridized carbons (Fsp3) is 0.0952. The highest BCUT2D eigenvalue weighted by Gasteiger charge is 2.15. The molecule has 1 unspecified atom stereocenters. The van der Waals surface area contributed by atoms with Crippen molar-refractivity contribution in [3.8, 4) is 11.5 Å². The van der Waals surface area contributed by atoms with Crippen molar-refractivity contribution in [1.82, 2.24) is 0 Å². The van der Waals surface area contributed by atoms with Gasteiger partial charge >= 0.3 is 0 Å². The highest BCUT2D eigenvalue weighted by atomic mass is 19.1. The van der Waals surface area contributed by atoms with E-state index in [1.165, 1.54) is 6.07 Å². The SMILES string of the molecule is CC(Nc1ccc(Oc2ccccc2)cc1)C(=O)Nc1ccc(F)cc1F. The highest BCUT2D eigenvalue weighted by Crippen LogP contribution is 2.23. The molecule has 2 N–H and O–H groups in total. The number of hydrogen-bond acceptors (Lipinski definition) is 3. The third-order valence-electron chi connectivity index (χ3n) is 3.80.